The van der Waals surface area contributed by atoms with Crippen LogP contribution in [0.15, 0.2) is 58.5 Å². The van der Waals surface area contributed by atoms with Crippen LogP contribution in [-0.2, 0) is 17.8 Å². The van der Waals surface area contributed by atoms with Gasteiger partial charge in [-0.15, -0.1) is 0 Å². The van der Waals surface area contributed by atoms with Crippen molar-refractivity contribution < 1.29 is 14.6 Å². The average molecular weight is 442 g/mol. The van der Waals surface area contributed by atoms with Crippen molar-refractivity contribution in [1.29, 1.82) is 0 Å². The van der Waals surface area contributed by atoms with E-state index in [2.05, 4.69) is 10.3 Å². The van der Waals surface area contributed by atoms with Gasteiger partial charge in [-0.05, 0) is 49.6 Å². The smallest absolute Gasteiger partial charge is 0.262 e. The molecule has 7 nitrogen and oxygen atoms in total. The molecule has 1 unspecified atom stereocenters. The van der Waals surface area contributed by atoms with E-state index in [1.165, 1.54) is 11.8 Å². The molecule has 0 bridgehead atoms. The number of fused-ring (bicyclic) bond motifs is 1. The van der Waals surface area contributed by atoms with E-state index in [0.29, 0.717) is 42.0 Å². The summed E-state index contributed by atoms with van der Waals surface area (Å²) in [5.41, 5.74) is 1.55. The summed E-state index contributed by atoms with van der Waals surface area (Å²) in [5.74, 6) is 0.683. The fourth-order valence-electron chi connectivity index (χ4n) is 3.14. The fraction of sp³-hybridized carbons (Fsp3) is 0.348. The van der Waals surface area contributed by atoms with Gasteiger partial charge in [-0.25, -0.2) is 4.98 Å². The van der Waals surface area contributed by atoms with Gasteiger partial charge in [0.2, 0.25) is 5.91 Å². The number of nitrogens with one attached hydrogen (secondary N) is 1. The van der Waals surface area contributed by atoms with E-state index in [1.54, 1.807) is 36.8 Å². The number of thioether (sulfide) groups is 1. The quantitative estimate of drug-likeness (QED) is 0.371. The number of nitrogens with zero attached hydrogens (tertiary/aromatic N) is 2. The predicted molar refractivity (Wildman–Crippen MR) is 123 cm³/mol. The topological polar surface area (TPSA) is 93.5 Å². The summed E-state index contributed by atoms with van der Waals surface area (Å²) < 4.78 is 6.70. The van der Waals surface area contributed by atoms with Crippen LogP contribution in [0.2, 0.25) is 0 Å². The predicted octanol–water partition coefficient (Wildman–Crippen LogP) is 2.63. The summed E-state index contributed by atoms with van der Waals surface area (Å²) in [5, 5.41) is 12.7. The van der Waals surface area contributed by atoms with Gasteiger partial charge in [-0.1, -0.05) is 36.0 Å². The maximum absolute atomic E-state index is 12.9. The Labute approximate surface area is 185 Å². The lowest BCUT2D eigenvalue weighted by atomic mass is 10.1. The van der Waals surface area contributed by atoms with E-state index in [4.69, 9.17) is 4.74 Å². The Kier molecular flexibility index (Phi) is 8.08. The minimum absolute atomic E-state index is 0.0230. The molecule has 1 aromatic heterocycles. The van der Waals surface area contributed by atoms with Crippen LogP contribution < -0.4 is 15.6 Å². The number of methoxy groups -OCH3 is 1. The van der Waals surface area contributed by atoms with Crippen molar-refractivity contribution in [3.05, 3.63) is 64.4 Å². The second kappa shape index (κ2) is 11.0. The largest absolute Gasteiger partial charge is 0.497 e. The minimum atomic E-state index is -0.427. The van der Waals surface area contributed by atoms with Crippen LogP contribution in [0.1, 0.15) is 18.9 Å². The van der Waals surface area contributed by atoms with Crippen molar-refractivity contribution in [2.24, 2.45) is 0 Å². The average Bonchev–Trinajstić information content (AvgIpc) is 2.79. The van der Waals surface area contributed by atoms with Gasteiger partial charge in [-0.3, -0.25) is 14.2 Å². The molecular formula is C23H27N3O4S. The summed E-state index contributed by atoms with van der Waals surface area (Å²) in [7, 11) is 1.63. The molecule has 0 fully saturated rings. The molecule has 31 heavy (non-hydrogen) atoms. The molecule has 0 aliphatic rings. The second-order valence-electron chi connectivity index (χ2n) is 7.09. The van der Waals surface area contributed by atoms with Crippen molar-refractivity contribution in [1.82, 2.24) is 14.9 Å². The molecule has 0 saturated heterocycles. The number of rotatable bonds is 10. The number of carbonyl (C=O) groups is 1. The molecule has 0 radical (unpaired) electrons. The number of aliphatic hydroxyl groups is 1. The molecule has 2 N–H and O–H groups in total. The molecule has 1 atom stereocenters. The van der Waals surface area contributed by atoms with Gasteiger partial charge in [0.15, 0.2) is 5.16 Å². The molecule has 164 valence electrons. The number of aromatic nitrogens is 2. The molecule has 0 aliphatic heterocycles. The van der Waals surface area contributed by atoms with Crippen LogP contribution >= 0.6 is 11.8 Å². The van der Waals surface area contributed by atoms with Crippen LogP contribution in [0.5, 0.6) is 5.75 Å². The van der Waals surface area contributed by atoms with Gasteiger partial charge in [0.05, 0.1) is 23.3 Å². The molecule has 3 aromatic rings. The first kappa shape index (κ1) is 22.8. The SMILES string of the molecule is COc1ccc(CCNC(=O)C(C)Sc2nc3ccccc3c(=O)n2CCCO)cc1. The van der Waals surface area contributed by atoms with Crippen molar-refractivity contribution in [2.75, 3.05) is 20.3 Å². The normalized spacial score (nSPS) is 12.0. The number of hydrogen-bond donors (Lipinski definition) is 2. The fourth-order valence-corrected chi connectivity index (χ4v) is 4.10. The molecule has 0 spiro atoms. The highest BCUT2D eigenvalue weighted by Gasteiger charge is 2.19. The summed E-state index contributed by atoms with van der Waals surface area (Å²) in [6.45, 7) is 2.63. The Morgan fingerprint density at radius 2 is 1.97 bits per heavy atom. The van der Waals surface area contributed by atoms with Gasteiger partial charge >= 0.3 is 0 Å². The zero-order valence-electron chi connectivity index (χ0n) is 17.7. The van der Waals surface area contributed by atoms with E-state index in [1.807, 2.05) is 30.3 Å². The maximum Gasteiger partial charge on any atom is 0.262 e. The first-order chi connectivity index (χ1) is 15.0. The zero-order valence-corrected chi connectivity index (χ0v) is 18.5. The van der Waals surface area contributed by atoms with Crippen LogP contribution in [0.4, 0.5) is 0 Å². The Bertz CT molecular complexity index is 1080. The summed E-state index contributed by atoms with van der Waals surface area (Å²) in [6.07, 6.45) is 1.15. The number of carbonyl (C=O) groups excluding carboxylic acids is 1. The number of benzene rings is 2. The highest BCUT2D eigenvalue weighted by Crippen LogP contribution is 2.23. The van der Waals surface area contributed by atoms with Crippen molar-refractivity contribution in [3.63, 3.8) is 0 Å². The molecule has 8 heteroatoms. The highest BCUT2D eigenvalue weighted by molar-refractivity contribution is 8.00. The lowest BCUT2D eigenvalue weighted by molar-refractivity contribution is -0.120. The van der Waals surface area contributed by atoms with Gasteiger partial charge in [-0.2, -0.15) is 0 Å². The first-order valence-electron chi connectivity index (χ1n) is 10.2. The molecule has 3 rings (SSSR count). The molecule has 0 aliphatic carbocycles. The lowest BCUT2D eigenvalue weighted by Gasteiger charge is -2.16. The van der Waals surface area contributed by atoms with E-state index in [9.17, 15) is 14.7 Å². The third-order valence-corrected chi connectivity index (χ3v) is 5.98. The molecular weight excluding hydrogens is 414 g/mol. The maximum atomic E-state index is 12.9. The zero-order chi connectivity index (χ0) is 22.2. The molecule has 1 amide bonds. The first-order valence-corrected chi connectivity index (χ1v) is 11.1. The third-order valence-electron chi connectivity index (χ3n) is 4.89. The lowest BCUT2D eigenvalue weighted by Crippen LogP contribution is -2.33. The van der Waals surface area contributed by atoms with E-state index >= 15 is 0 Å². The Morgan fingerprint density at radius 1 is 1.23 bits per heavy atom. The Hall–Kier alpha value is -2.84. The van der Waals surface area contributed by atoms with E-state index in [-0.39, 0.29) is 18.1 Å². The molecule has 0 saturated carbocycles. The van der Waals surface area contributed by atoms with Crippen molar-refractivity contribution in [2.45, 2.75) is 36.7 Å². The Morgan fingerprint density at radius 3 is 2.68 bits per heavy atom. The molecule has 1 heterocycles. The minimum Gasteiger partial charge on any atom is -0.497 e. The highest BCUT2D eigenvalue weighted by atomic mass is 32.2. The number of aliphatic hydroxyl groups excluding tert-OH is 1. The summed E-state index contributed by atoms with van der Waals surface area (Å²) >= 11 is 1.25. The standard InChI is InChI=1S/C23H27N3O4S/c1-16(21(28)24-13-12-17-8-10-18(30-2)11-9-17)31-23-25-20-7-4-3-6-19(20)22(29)26(23)14-5-15-27/h3-4,6-11,16,27H,5,12-15H2,1-2H3,(H,24,28). The number of ether oxygens (including phenoxy) is 1. The van der Waals surface area contributed by atoms with Gasteiger partial charge in [0, 0.05) is 19.7 Å². The van der Waals surface area contributed by atoms with Crippen LogP contribution in [0, 0.1) is 0 Å². The number of amides is 1. The van der Waals surface area contributed by atoms with Crippen molar-refractivity contribution >= 4 is 28.6 Å². The van der Waals surface area contributed by atoms with E-state index in [0.717, 1.165) is 11.3 Å². The van der Waals surface area contributed by atoms with Gasteiger partial charge in [0.25, 0.3) is 5.56 Å². The monoisotopic (exact) mass is 441 g/mol. The second-order valence-corrected chi connectivity index (χ2v) is 8.40. The third kappa shape index (κ3) is 5.86. The van der Waals surface area contributed by atoms with Crippen LogP contribution in [-0.4, -0.2) is 46.1 Å². The van der Waals surface area contributed by atoms with Crippen LogP contribution in [0.3, 0.4) is 0 Å². The number of hydrogen-bond acceptors (Lipinski definition) is 6. The van der Waals surface area contributed by atoms with Crippen molar-refractivity contribution in [3.8, 4) is 5.75 Å². The summed E-state index contributed by atoms with van der Waals surface area (Å²) in [6, 6.07) is 14.9. The van der Waals surface area contributed by atoms with Crippen LogP contribution in [0.25, 0.3) is 10.9 Å². The van der Waals surface area contributed by atoms with Gasteiger partial charge < -0.3 is 15.2 Å². The molecule has 2 aromatic carbocycles. The van der Waals surface area contributed by atoms with Gasteiger partial charge in [0.1, 0.15) is 5.75 Å². The Balaban J connectivity index is 1.67. The number of para-hydroxylation sites is 1. The van der Waals surface area contributed by atoms with E-state index < -0.39 is 5.25 Å². The summed E-state index contributed by atoms with van der Waals surface area (Å²) in [4.78, 5) is 30.1.